The molecule has 0 saturated heterocycles. The van der Waals surface area contributed by atoms with Gasteiger partial charge in [-0.25, -0.2) is 0 Å². The maximum Gasteiger partial charge on any atom is 0.246 e. The van der Waals surface area contributed by atoms with E-state index in [1.807, 2.05) is 0 Å². The quantitative estimate of drug-likeness (QED) is 0.388. The summed E-state index contributed by atoms with van der Waals surface area (Å²) < 4.78 is 4.61. The van der Waals surface area contributed by atoms with E-state index in [-0.39, 0.29) is 18.4 Å². The first-order valence-corrected chi connectivity index (χ1v) is 4.97. The first-order chi connectivity index (χ1) is 6.70. The van der Waals surface area contributed by atoms with Crippen LogP contribution in [0.3, 0.4) is 0 Å². The number of ether oxygens (including phenoxy) is 1. The standard InChI is InChI=1S/C8H16N2O3S/c1-13-6-8(12)10-4-3-9-7(11)2-5-14/h14H,2-6H2,1H3,(H,9,11)(H,10,12). The molecule has 0 aromatic carbocycles. The van der Waals surface area contributed by atoms with E-state index in [1.165, 1.54) is 7.11 Å². The van der Waals surface area contributed by atoms with Gasteiger partial charge < -0.3 is 15.4 Å². The summed E-state index contributed by atoms with van der Waals surface area (Å²) in [6, 6.07) is 0. The summed E-state index contributed by atoms with van der Waals surface area (Å²) in [6.45, 7) is 0.896. The molecule has 6 heteroatoms. The highest BCUT2D eigenvalue weighted by molar-refractivity contribution is 7.80. The number of nitrogens with one attached hydrogen (secondary N) is 2. The zero-order valence-electron chi connectivity index (χ0n) is 8.21. The molecular weight excluding hydrogens is 204 g/mol. The van der Waals surface area contributed by atoms with Crippen molar-refractivity contribution in [1.29, 1.82) is 0 Å². The van der Waals surface area contributed by atoms with Gasteiger partial charge in [-0.05, 0) is 5.75 Å². The van der Waals surface area contributed by atoms with Crippen LogP contribution in [0.2, 0.25) is 0 Å². The monoisotopic (exact) mass is 220 g/mol. The van der Waals surface area contributed by atoms with Crippen molar-refractivity contribution < 1.29 is 14.3 Å². The average Bonchev–Trinajstić information content (AvgIpc) is 2.13. The van der Waals surface area contributed by atoms with E-state index in [4.69, 9.17) is 0 Å². The second-order valence-corrected chi connectivity index (χ2v) is 3.05. The molecule has 0 rings (SSSR count). The van der Waals surface area contributed by atoms with Crippen molar-refractivity contribution in [3.05, 3.63) is 0 Å². The Labute approximate surface area is 89.0 Å². The van der Waals surface area contributed by atoms with E-state index < -0.39 is 0 Å². The second kappa shape index (κ2) is 8.83. The van der Waals surface area contributed by atoms with Crippen LogP contribution < -0.4 is 10.6 Å². The Morgan fingerprint density at radius 3 is 2.29 bits per heavy atom. The topological polar surface area (TPSA) is 67.4 Å². The molecule has 0 aromatic rings. The van der Waals surface area contributed by atoms with Crippen LogP contribution in [0.5, 0.6) is 0 Å². The van der Waals surface area contributed by atoms with Crippen LogP contribution in [0.1, 0.15) is 6.42 Å². The number of hydrogen-bond donors (Lipinski definition) is 3. The number of rotatable bonds is 7. The van der Waals surface area contributed by atoms with Gasteiger partial charge in [-0.15, -0.1) is 0 Å². The summed E-state index contributed by atoms with van der Waals surface area (Å²) in [5, 5.41) is 5.22. The Hall–Kier alpha value is -0.750. The lowest BCUT2D eigenvalue weighted by molar-refractivity contribution is -0.125. The van der Waals surface area contributed by atoms with E-state index in [1.54, 1.807) is 0 Å². The van der Waals surface area contributed by atoms with Gasteiger partial charge in [0.05, 0.1) is 0 Å². The molecule has 2 N–H and O–H groups in total. The zero-order valence-corrected chi connectivity index (χ0v) is 9.10. The molecule has 0 bridgehead atoms. The van der Waals surface area contributed by atoms with Gasteiger partial charge in [0.1, 0.15) is 6.61 Å². The number of carbonyl (C=O) groups is 2. The van der Waals surface area contributed by atoms with Gasteiger partial charge in [-0.2, -0.15) is 12.6 Å². The highest BCUT2D eigenvalue weighted by atomic mass is 32.1. The highest BCUT2D eigenvalue weighted by Gasteiger charge is 2.00. The second-order valence-electron chi connectivity index (χ2n) is 2.61. The van der Waals surface area contributed by atoms with Crippen LogP contribution in [-0.2, 0) is 14.3 Å². The molecule has 2 amide bonds. The predicted octanol–water partition coefficient (Wildman–Crippen LogP) is -0.815. The third-order valence-electron chi connectivity index (χ3n) is 1.38. The van der Waals surface area contributed by atoms with Crippen LogP contribution in [0.25, 0.3) is 0 Å². The van der Waals surface area contributed by atoms with Gasteiger partial charge in [0.25, 0.3) is 0 Å². The van der Waals surface area contributed by atoms with Crippen molar-refractivity contribution in [2.75, 3.05) is 32.6 Å². The van der Waals surface area contributed by atoms with E-state index in [9.17, 15) is 9.59 Å². The number of amides is 2. The van der Waals surface area contributed by atoms with Crippen LogP contribution in [0.4, 0.5) is 0 Å². The van der Waals surface area contributed by atoms with Gasteiger partial charge in [-0.3, -0.25) is 9.59 Å². The highest BCUT2D eigenvalue weighted by Crippen LogP contribution is 1.81. The molecule has 0 fully saturated rings. The molecule has 0 atom stereocenters. The molecule has 0 aliphatic carbocycles. The van der Waals surface area contributed by atoms with Crippen LogP contribution in [-0.4, -0.2) is 44.4 Å². The minimum atomic E-state index is -0.184. The van der Waals surface area contributed by atoms with Crippen LogP contribution >= 0.6 is 12.6 Å². The number of hydrogen-bond acceptors (Lipinski definition) is 4. The lowest BCUT2D eigenvalue weighted by atomic mass is 10.4. The van der Waals surface area contributed by atoms with Crippen molar-refractivity contribution in [1.82, 2.24) is 10.6 Å². The Morgan fingerprint density at radius 1 is 1.21 bits per heavy atom. The molecule has 82 valence electrons. The maximum atomic E-state index is 10.9. The summed E-state index contributed by atoms with van der Waals surface area (Å²) in [4.78, 5) is 21.8. The Morgan fingerprint density at radius 2 is 1.79 bits per heavy atom. The fourth-order valence-electron chi connectivity index (χ4n) is 0.776. The molecule has 0 aliphatic heterocycles. The van der Waals surface area contributed by atoms with E-state index in [2.05, 4.69) is 28.0 Å². The average molecular weight is 220 g/mol. The van der Waals surface area contributed by atoms with Gasteiger partial charge in [0, 0.05) is 26.6 Å². The third-order valence-corrected chi connectivity index (χ3v) is 1.61. The number of carbonyl (C=O) groups excluding carboxylic acids is 2. The van der Waals surface area contributed by atoms with Crippen molar-refractivity contribution in [2.24, 2.45) is 0 Å². The Kier molecular flexibility index (Phi) is 8.36. The maximum absolute atomic E-state index is 10.9. The minimum absolute atomic E-state index is 0.0462. The SMILES string of the molecule is COCC(=O)NCCNC(=O)CCS. The number of methoxy groups -OCH3 is 1. The molecule has 0 aliphatic rings. The molecule has 0 heterocycles. The van der Waals surface area contributed by atoms with Gasteiger partial charge in [0.2, 0.25) is 11.8 Å². The van der Waals surface area contributed by atoms with E-state index in [0.29, 0.717) is 25.3 Å². The first-order valence-electron chi connectivity index (χ1n) is 4.34. The third kappa shape index (κ3) is 7.88. The predicted molar refractivity (Wildman–Crippen MR) is 56.4 cm³/mol. The van der Waals surface area contributed by atoms with Crippen LogP contribution in [0, 0.1) is 0 Å². The molecule has 0 aromatic heterocycles. The zero-order chi connectivity index (χ0) is 10.8. The van der Waals surface area contributed by atoms with Crippen LogP contribution in [0.15, 0.2) is 0 Å². The smallest absolute Gasteiger partial charge is 0.246 e. The fraction of sp³-hybridized carbons (Fsp3) is 0.750. The summed E-state index contributed by atoms with van der Waals surface area (Å²) in [5.41, 5.74) is 0. The molecule has 0 radical (unpaired) electrons. The van der Waals surface area contributed by atoms with Crippen molar-refractivity contribution in [2.45, 2.75) is 6.42 Å². The molecule has 0 saturated carbocycles. The Bertz CT molecular complexity index is 167. The van der Waals surface area contributed by atoms with Crippen molar-refractivity contribution >= 4 is 24.4 Å². The molecule has 5 nitrogen and oxygen atoms in total. The fourth-order valence-corrected chi connectivity index (χ4v) is 0.979. The Balaban J connectivity index is 3.28. The summed E-state index contributed by atoms with van der Waals surface area (Å²) >= 11 is 3.92. The lowest BCUT2D eigenvalue weighted by Gasteiger charge is -2.05. The summed E-state index contributed by atoms with van der Waals surface area (Å²) in [7, 11) is 1.45. The summed E-state index contributed by atoms with van der Waals surface area (Å²) in [6.07, 6.45) is 0.398. The van der Waals surface area contributed by atoms with Gasteiger partial charge >= 0.3 is 0 Å². The molecule has 0 spiro atoms. The summed E-state index contributed by atoms with van der Waals surface area (Å²) in [5.74, 6) is 0.291. The number of thiol groups is 1. The van der Waals surface area contributed by atoms with Gasteiger partial charge in [-0.1, -0.05) is 0 Å². The largest absolute Gasteiger partial charge is 0.375 e. The van der Waals surface area contributed by atoms with Crippen molar-refractivity contribution in [3.63, 3.8) is 0 Å². The minimum Gasteiger partial charge on any atom is -0.375 e. The van der Waals surface area contributed by atoms with E-state index in [0.717, 1.165) is 0 Å². The van der Waals surface area contributed by atoms with Gasteiger partial charge in [0.15, 0.2) is 0 Å². The molecule has 14 heavy (non-hydrogen) atoms. The molecule has 0 unspecified atom stereocenters. The lowest BCUT2D eigenvalue weighted by Crippen LogP contribution is -2.36. The normalized spacial score (nSPS) is 9.57. The first kappa shape index (κ1) is 13.2. The molecular formula is C8H16N2O3S. The van der Waals surface area contributed by atoms with E-state index >= 15 is 0 Å². The van der Waals surface area contributed by atoms with Crippen molar-refractivity contribution in [3.8, 4) is 0 Å².